The number of aromatic amines is 1. The molecule has 1 aromatic heterocycles. The van der Waals surface area contributed by atoms with Crippen LogP contribution in [0.4, 0.5) is 0 Å². The van der Waals surface area contributed by atoms with Gasteiger partial charge in [-0.1, -0.05) is 37.3 Å². The molecule has 8 nitrogen and oxygen atoms in total. The van der Waals surface area contributed by atoms with Gasteiger partial charge in [-0.15, -0.1) is 0 Å². The lowest BCUT2D eigenvalue weighted by molar-refractivity contribution is -0.277. The van der Waals surface area contributed by atoms with E-state index >= 15 is 0 Å². The first-order valence-electron chi connectivity index (χ1n) is 10.2. The van der Waals surface area contributed by atoms with Gasteiger partial charge in [0.1, 0.15) is 30.2 Å². The van der Waals surface area contributed by atoms with Gasteiger partial charge in [0.15, 0.2) is 5.78 Å². The molecule has 5 atom stereocenters. The highest BCUT2D eigenvalue weighted by atomic mass is 16.7. The van der Waals surface area contributed by atoms with Gasteiger partial charge in [0.2, 0.25) is 6.29 Å². The number of rotatable bonds is 6. The number of hydrogen-bond acceptors (Lipinski definition) is 7. The zero-order valence-electron chi connectivity index (χ0n) is 16.9. The molecule has 2 heterocycles. The third-order valence-electron chi connectivity index (χ3n) is 5.63. The molecule has 0 saturated carbocycles. The molecule has 0 unspecified atom stereocenters. The van der Waals surface area contributed by atoms with Gasteiger partial charge in [-0.05, 0) is 24.1 Å². The van der Waals surface area contributed by atoms with Crippen LogP contribution in [0.3, 0.4) is 0 Å². The predicted octanol–water partition coefficient (Wildman–Crippen LogP) is 1.14. The van der Waals surface area contributed by atoms with Crippen molar-refractivity contribution in [2.75, 3.05) is 6.61 Å². The van der Waals surface area contributed by atoms with Gasteiger partial charge in [0, 0.05) is 17.3 Å². The summed E-state index contributed by atoms with van der Waals surface area (Å²) in [4.78, 5) is 16.2. The third kappa shape index (κ3) is 3.96. The average Bonchev–Trinajstić information content (AvgIpc) is 3.24. The van der Waals surface area contributed by atoms with E-state index in [1.807, 2.05) is 19.1 Å². The molecule has 1 aliphatic heterocycles. The molecule has 1 fully saturated rings. The zero-order chi connectivity index (χ0) is 22.1. The van der Waals surface area contributed by atoms with E-state index in [-0.39, 0.29) is 11.5 Å². The molecule has 0 amide bonds. The molecule has 0 spiro atoms. The zero-order valence-corrected chi connectivity index (χ0v) is 16.9. The first-order chi connectivity index (χ1) is 14.9. The van der Waals surface area contributed by atoms with Crippen LogP contribution in [0.25, 0.3) is 10.9 Å². The van der Waals surface area contributed by atoms with Crippen LogP contribution in [0.2, 0.25) is 0 Å². The molecular formula is C23H25NO7. The number of carbonyl (C=O) groups is 1. The van der Waals surface area contributed by atoms with Gasteiger partial charge in [0.25, 0.3) is 0 Å². The number of aliphatic hydroxyl groups excluding tert-OH is 4. The van der Waals surface area contributed by atoms with Crippen molar-refractivity contribution < 1.29 is 34.7 Å². The van der Waals surface area contributed by atoms with Crippen molar-refractivity contribution in [1.29, 1.82) is 0 Å². The Labute approximate surface area is 178 Å². The molecule has 164 valence electrons. The topological polar surface area (TPSA) is 132 Å². The summed E-state index contributed by atoms with van der Waals surface area (Å²) in [6, 6.07) is 12.5. The molecule has 8 heteroatoms. The summed E-state index contributed by atoms with van der Waals surface area (Å²) < 4.78 is 11.3. The van der Waals surface area contributed by atoms with Crippen LogP contribution < -0.4 is 4.74 Å². The van der Waals surface area contributed by atoms with Gasteiger partial charge in [-0.25, -0.2) is 0 Å². The summed E-state index contributed by atoms with van der Waals surface area (Å²) in [5.74, 6) is 0.0652. The Bertz CT molecular complexity index is 1060. The molecule has 31 heavy (non-hydrogen) atoms. The molecule has 0 radical (unpaired) electrons. The van der Waals surface area contributed by atoms with Crippen LogP contribution >= 0.6 is 0 Å². The minimum absolute atomic E-state index is 0.196. The van der Waals surface area contributed by atoms with Crippen molar-refractivity contribution >= 4 is 16.7 Å². The van der Waals surface area contributed by atoms with Crippen LogP contribution in [0.1, 0.15) is 28.4 Å². The maximum atomic E-state index is 13.2. The Morgan fingerprint density at radius 1 is 1.06 bits per heavy atom. The van der Waals surface area contributed by atoms with Crippen molar-refractivity contribution in [2.24, 2.45) is 0 Å². The fourth-order valence-electron chi connectivity index (χ4n) is 3.77. The van der Waals surface area contributed by atoms with Crippen LogP contribution in [-0.2, 0) is 11.2 Å². The lowest BCUT2D eigenvalue weighted by Gasteiger charge is -2.39. The van der Waals surface area contributed by atoms with E-state index in [0.717, 1.165) is 12.0 Å². The maximum absolute atomic E-state index is 13.2. The Morgan fingerprint density at radius 2 is 1.81 bits per heavy atom. The van der Waals surface area contributed by atoms with Crippen molar-refractivity contribution in [3.05, 3.63) is 65.4 Å². The minimum Gasteiger partial charge on any atom is -0.461 e. The van der Waals surface area contributed by atoms with Gasteiger partial charge in [-0.2, -0.15) is 0 Å². The molecule has 1 aliphatic rings. The molecule has 0 bridgehead atoms. The highest BCUT2D eigenvalue weighted by molar-refractivity contribution is 6.17. The lowest BCUT2D eigenvalue weighted by atomic mass is 9.99. The lowest BCUT2D eigenvalue weighted by Crippen LogP contribution is -2.60. The molecular weight excluding hydrogens is 402 g/mol. The standard InChI is InChI=1S/C23H25NO7/c1-2-12-6-8-13(9-7-12)19(26)14-10-24-15-4-3-5-16(18(14)15)30-23-22(29)21(28)20(27)17(11-25)31-23/h3-10,17,20-25,27-29H,2,11H2,1H3/t17-,20-,21+,22-,23-/m1/s1. The van der Waals surface area contributed by atoms with Gasteiger partial charge in [0.05, 0.1) is 17.6 Å². The Balaban J connectivity index is 1.68. The highest BCUT2D eigenvalue weighted by Crippen LogP contribution is 2.33. The summed E-state index contributed by atoms with van der Waals surface area (Å²) in [5, 5.41) is 40.2. The van der Waals surface area contributed by atoms with E-state index in [1.165, 1.54) is 0 Å². The summed E-state index contributed by atoms with van der Waals surface area (Å²) in [6.45, 7) is 1.48. The van der Waals surface area contributed by atoms with E-state index < -0.39 is 37.3 Å². The predicted molar refractivity (Wildman–Crippen MR) is 112 cm³/mol. The van der Waals surface area contributed by atoms with E-state index in [0.29, 0.717) is 22.0 Å². The Hall–Kier alpha value is -2.75. The summed E-state index contributed by atoms with van der Waals surface area (Å²) in [6.07, 6.45) is -4.55. The van der Waals surface area contributed by atoms with E-state index in [4.69, 9.17) is 9.47 Å². The number of benzene rings is 2. The Morgan fingerprint density at radius 3 is 2.48 bits per heavy atom. The first-order valence-corrected chi connectivity index (χ1v) is 10.2. The van der Waals surface area contributed by atoms with E-state index in [1.54, 1.807) is 36.5 Å². The second-order valence-electron chi connectivity index (χ2n) is 7.58. The number of carbonyl (C=O) groups excluding carboxylic acids is 1. The quantitative estimate of drug-likeness (QED) is 0.373. The van der Waals surface area contributed by atoms with E-state index in [9.17, 15) is 25.2 Å². The fourth-order valence-corrected chi connectivity index (χ4v) is 3.77. The molecule has 4 rings (SSSR count). The summed E-state index contributed by atoms with van der Waals surface area (Å²) >= 11 is 0. The number of H-pyrrole nitrogens is 1. The third-order valence-corrected chi connectivity index (χ3v) is 5.63. The molecule has 3 aromatic rings. The number of aliphatic hydroxyl groups is 4. The number of aryl methyl sites for hydroxylation is 1. The molecule has 2 aromatic carbocycles. The summed E-state index contributed by atoms with van der Waals surface area (Å²) in [5.41, 5.74) is 2.69. The van der Waals surface area contributed by atoms with Gasteiger partial charge >= 0.3 is 0 Å². The van der Waals surface area contributed by atoms with Crippen LogP contribution in [-0.4, -0.2) is 68.5 Å². The SMILES string of the molecule is CCc1ccc(C(=O)c2c[nH]c3cccc(O[C@@H]4O[C@H](CO)[C@@H](O)[C@H](O)[C@H]4O)c23)cc1. The second kappa shape index (κ2) is 8.78. The minimum atomic E-state index is -1.56. The number of ketones is 1. The van der Waals surface area contributed by atoms with Crippen LogP contribution in [0.15, 0.2) is 48.7 Å². The van der Waals surface area contributed by atoms with Crippen molar-refractivity contribution in [3.63, 3.8) is 0 Å². The fraction of sp³-hybridized carbons (Fsp3) is 0.348. The van der Waals surface area contributed by atoms with E-state index in [2.05, 4.69) is 4.98 Å². The second-order valence-corrected chi connectivity index (χ2v) is 7.58. The highest BCUT2D eigenvalue weighted by Gasteiger charge is 2.44. The summed E-state index contributed by atoms with van der Waals surface area (Å²) in [7, 11) is 0. The number of nitrogens with one attached hydrogen (secondary N) is 1. The van der Waals surface area contributed by atoms with Crippen molar-refractivity contribution in [3.8, 4) is 5.75 Å². The van der Waals surface area contributed by atoms with Crippen molar-refractivity contribution in [1.82, 2.24) is 4.98 Å². The largest absolute Gasteiger partial charge is 0.461 e. The number of aromatic nitrogens is 1. The number of hydrogen-bond donors (Lipinski definition) is 5. The molecule has 1 saturated heterocycles. The first kappa shape index (κ1) is 21.5. The number of ether oxygens (including phenoxy) is 2. The smallest absolute Gasteiger partial charge is 0.229 e. The molecule has 5 N–H and O–H groups in total. The Kier molecular flexibility index (Phi) is 6.08. The maximum Gasteiger partial charge on any atom is 0.229 e. The normalized spacial score (nSPS) is 26.2. The number of fused-ring (bicyclic) bond motifs is 1. The van der Waals surface area contributed by atoms with Gasteiger partial charge in [-0.3, -0.25) is 4.79 Å². The van der Waals surface area contributed by atoms with Crippen LogP contribution in [0, 0.1) is 0 Å². The van der Waals surface area contributed by atoms with Gasteiger partial charge < -0.3 is 34.9 Å². The van der Waals surface area contributed by atoms with Crippen LogP contribution in [0.5, 0.6) is 5.75 Å². The average molecular weight is 427 g/mol. The van der Waals surface area contributed by atoms with Crippen molar-refractivity contribution in [2.45, 2.75) is 44.1 Å². The molecule has 0 aliphatic carbocycles. The monoisotopic (exact) mass is 427 g/mol.